The molecule has 3 rings (SSSR count). The van der Waals surface area contributed by atoms with Gasteiger partial charge >= 0.3 is 5.97 Å². The summed E-state index contributed by atoms with van der Waals surface area (Å²) >= 11 is 0. The van der Waals surface area contributed by atoms with E-state index in [1.54, 1.807) is 49.4 Å². The summed E-state index contributed by atoms with van der Waals surface area (Å²) in [5, 5.41) is 0. The molecule has 1 atom stereocenters. The number of ether oxygens (including phenoxy) is 2. The molecule has 154 valence electrons. The Morgan fingerprint density at radius 2 is 1.79 bits per heavy atom. The maximum Gasteiger partial charge on any atom is 0.326 e. The molecule has 29 heavy (non-hydrogen) atoms. The van der Waals surface area contributed by atoms with Crippen LogP contribution in [0.3, 0.4) is 0 Å². The van der Waals surface area contributed by atoms with E-state index < -0.39 is 21.7 Å². The van der Waals surface area contributed by atoms with Gasteiger partial charge in [0.2, 0.25) is 5.91 Å². The lowest BCUT2D eigenvalue weighted by Gasteiger charge is -2.30. The maximum atomic E-state index is 13.5. The third-order valence-corrected chi connectivity index (χ3v) is 6.66. The molecule has 2 aromatic rings. The summed E-state index contributed by atoms with van der Waals surface area (Å²) in [6.07, 6.45) is 0.160. The van der Waals surface area contributed by atoms with Crippen molar-refractivity contribution in [3.63, 3.8) is 0 Å². The van der Waals surface area contributed by atoms with Gasteiger partial charge < -0.3 is 14.4 Å². The van der Waals surface area contributed by atoms with Gasteiger partial charge in [-0.25, -0.2) is 8.42 Å². The third-order valence-electron chi connectivity index (χ3n) is 4.85. The highest BCUT2D eigenvalue weighted by Gasteiger charge is 2.37. The number of benzene rings is 2. The topological polar surface area (TPSA) is 90.0 Å². The average molecular weight is 417 g/mol. The number of nitrogens with zero attached hydrogens (tertiary/aromatic N) is 1. The second-order valence-corrected chi connectivity index (χ2v) is 8.70. The fourth-order valence-electron chi connectivity index (χ4n) is 3.43. The zero-order chi connectivity index (χ0) is 21.0. The molecule has 8 heteroatoms. The molecule has 0 aromatic heterocycles. The highest BCUT2D eigenvalue weighted by atomic mass is 32.2. The Balaban J connectivity index is 1.99. The average Bonchev–Trinajstić information content (AvgIpc) is 2.72. The minimum absolute atomic E-state index is 0.115. The van der Waals surface area contributed by atoms with Gasteiger partial charge in [0.25, 0.3) is 0 Å². The number of fused-ring (bicyclic) bond motifs is 1. The number of carbonyl (C=O) groups excluding carboxylic acids is 2. The smallest absolute Gasteiger partial charge is 0.326 e. The van der Waals surface area contributed by atoms with Crippen LogP contribution >= 0.6 is 0 Å². The standard InChI is InChI=1S/C21H23NO6S/c1-3-28-20(23)14-22(15-8-10-16(27-2)11-9-15)21(24)18-12-13-29(25,26)19-7-5-4-6-17(18)19/h4-11,18H,3,12-14H2,1-2H3. The minimum atomic E-state index is -3.42. The van der Waals surface area contributed by atoms with E-state index in [1.807, 2.05) is 0 Å². The summed E-state index contributed by atoms with van der Waals surface area (Å²) in [5.41, 5.74) is 0.973. The lowest BCUT2D eigenvalue weighted by Crippen LogP contribution is -2.41. The second kappa shape index (κ2) is 8.65. The van der Waals surface area contributed by atoms with Crippen LogP contribution in [0.2, 0.25) is 0 Å². The van der Waals surface area contributed by atoms with Crippen molar-refractivity contribution in [2.24, 2.45) is 0 Å². The van der Waals surface area contributed by atoms with Gasteiger partial charge in [0, 0.05) is 5.69 Å². The van der Waals surface area contributed by atoms with E-state index in [4.69, 9.17) is 9.47 Å². The summed E-state index contributed by atoms with van der Waals surface area (Å²) in [4.78, 5) is 27.1. The molecule has 2 aromatic carbocycles. The number of methoxy groups -OCH3 is 1. The van der Waals surface area contributed by atoms with Gasteiger partial charge in [0.15, 0.2) is 9.84 Å². The monoisotopic (exact) mass is 417 g/mol. The first kappa shape index (κ1) is 20.9. The molecule has 1 aliphatic heterocycles. The molecule has 1 unspecified atom stereocenters. The minimum Gasteiger partial charge on any atom is -0.497 e. The Morgan fingerprint density at radius 1 is 1.10 bits per heavy atom. The number of hydrogen-bond acceptors (Lipinski definition) is 6. The molecule has 7 nitrogen and oxygen atoms in total. The summed E-state index contributed by atoms with van der Waals surface area (Å²) in [7, 11) is -1.88. The summed E-state index contributed by atoms with van der Waals surface area (Å²) in [6.45, 7) is 1.64. The number of anilines is 1. The van der Waals surface area contributed by atoms with Crippen molar-refractivity contribution >= 4 is 27.4 Å². The molecular formula is C21H23NO6S. The lowest BCUT2D eigenvalue weighted by atomic mass is 9.94. The van der Waals surface area contributed by atoms with Crippen molar-refractivity contribution in [3.05, 3.63) is 54.1 Å². The Hall–Kier alpha value is -2.87. The highest BCUT2D eigenvalue weighted by Crippen LogP contribution is 2.36. The number of esters is 1. The molecule has 0 saturated carbocycles. The molecular weight excluding hydrogens is 394 g/mol. The van der Waals surface area contributed by atoms with Crippen molar-refractivity contribution < 1.29 is 27.5 Å². The molecule has 0 saturated heterocycles. The van der Waals surface area contributed by atoms with Gasteiger partial charge in [-0.1, -0.05) is 18.2 Å². The summed E-state index contributed by atoms with van der Waals surface area (Å²) < 4.78 is 35.0. The Labute approximate surface area is 170 Å². The molecule has 0 bridgehead atoms. The first-order valence-corrected chi connectivity index (χ1v) is 11.0. The van der Waals surface area contributed by atoms with Crippen molar-refractivity contribution in [2.75, 3.05) is 30.9 Å². The number of carbonyl (C=O) groups is 2. The highest BCUT2D eigenvalue weighted by molar-refractivity contribution is 7.91. The fourth-order valence-corrected chi connectivity index (χ4v) is 5.05. The van der Waals surface area contributed by atoms with Gasteiger partial charge in [0.1, 0.15) is 12.3 Å². The Morgan fingerprint density at radius 3 is 2.45 bits per heavy atom. The fraction of sp³-hybridized carbons (Fsp3) is 0.333. The van der Waals surface area contributed by atoms with Crippen LogP contribution in [-0.4, -0.2) is 46.3 Å². The normalized spacial score (nSPS) is 17.1. The van der Waals surface area contributed by atoms with Crippen LogP contribution in [0.15, 0.2) is 53.4 Å². The van der Waals surface area contributed by atoms with E-state index in [-0.39, 0.29) is 36.1 Å². The predicted molar refractivity (Wildman–Crippen MR) is 108 cm³/mol. The van der Waals surface area contributed by atoms with Crippen LogP contribution in [0.25, 0.3) is 0 Å². The van der Waals surface area contributed by atoms with Crippen LogP contribution in [-0.2, 0) is 24.2 Å². The molecule has 1 aliphatic rings. The van der Waals surface area contributed by atoms with Crippen molar-refractivity contribution in [1.82, 2.24) is 0 Å². The molecule has 0 N–H and O–H groups in total. The Kier molecular flexibility index (Phi) is 6.22. The molecule has 1 heterocycles. The van der Waals surface area contributed by atoms with Crippen LogP contribution < -0.4 is 9.64 Å². The molecule has 0 radical (unpaired) electrons. The zero-order valence-corrected chi connectivity index (χ0v) is 17.1. The van der Waals surface area contributed by atoms with Crippen LogP contribution in [0.5, 0.6) is 5.75 Å². The third kappa shape index (κ3) is 4.42. The van der Waals surface area contributed by atoms with E-state index in [0.717, 1.165) is 0 Å². The number of hydrogen-bond donors (Lipinski definition) is 0. The second-order valence-electron chi connectivity index (χ2n) is 6.63. The lowest BCUT2D eigenvalue weighted by molar-refractivity contribution is -0.142. The summed E-state index contributed by atoms with van der Waals surface area (Å²) in [6, 6.07) is 13.3. The first-order valence-electron chi connectivity index (χ1n) is 9.30. The van der Waals surface area contributed by atoms with Gasteiger partial charge in [0.05, 0.1) is 30.3 Å². The van der Waals surface area contributed by atoms with Gasteiger partial charge in [-0.15, -0.1) is 0 Å². The van der Waals surface area contributed by atoms with E-state index in [1.165, 1.54) is 18.1 Å². The molecule has 0 aliphatic carbocycles. The predicted octanol–water partition coefficient (Wildman–Crippen LogP) is 2.55. The molecule has 0 fully saturated rings. The maximum absolute atomic E-state index is 13.5. The quantitative estimate of drug-likeness (QED) is 0.671. The van der Waals surface area contributed by atoms with Crippen molar-refractivity contribution in [2.45, 2.75) is 24.2 Å². The van der Waals surface area contributed by atoms with Crippen LogP contribution in [0.1, 0.15) is 24.8 Å². The van der Waals surface area contributed by atoms with Crippen LogP contribution in [0.4, 0.5) is 5.69 Å². The number of amides is 1. The Bertz CT molecular complexity index is 1000. The number of rotatable bonds is 6. The van der Waals surface area contributed by atoms with Gasteiger partial charge in [-0.05, 0) is 49.2 Å². The number of sulfone groups is 1. The first-order chi connectivity index (χ1) is 13.9. The molecule has 1 amide bonds. The van der Waals surface area contributed by atoms with Crippen LogP contribution in [0, 0.1) is 0 Å². The SMILES string of the molecule is CCOC(=O)CN(C(=O)C1CCS(=O)(=O)c2ccccc21)c1ccc(OC)cc1. The zero-order valence-electron chi connectivity index (χ0n) is 16.3. The van der Waals surface area contributed by atoms with E-state index in [0.29, 0.717) is 17.0 Å². The largest absolute Gasteiger partial charge is 0.497 e. The van der Waals surface area contributed by atoms with Gasteiger partial charge in [-0.3, -0.25) is 9.59 Å². The summed E-state index contributed by atoms with van der Waals surface area (Å²) in [5.74, 6) is -1.03. The van der Waals surface area contributed by atoms with E-state index in [9.17, 15) is 18.0 Å². The van der Waals surface area contributed by atoms with Crippen molar-refractivity contribution in [1.29, 1.82) is 0 Å². The van der Waals surface area contributed by atoms with E-state index in [2.05, 4.69) is 0 Å². The molecule has 0 spiro atoms. The van der Waals surface area contributed by atoms with Gasteiger partial charge in [-0.2, -0.15) is 0 Å². The van der Waals surface area contributed by atoms with Crippen molar-refractivity contribution in [3.8, 4) is 5.75 Å². The van der Waals surface area contributed by atoms with E-state index >= 15 is 0 Å².